The highest BCUT2D eigenvalue weighted by atomic mass is 35.5. The lowest BCUT2D eigenvalue weighted by Gasteiger charge is -2.07. The third-order valence-electron chi connectivity index (χ3n) is 3.64. The summed E-state index contributed by atoms with van der Waals surface area (Å²) in [7, 11) is 1.35. The van der Waals surface area contributed by atoms with Gasteiger partial charge in [-0.2, -0.15) is 0 Å². The number of benzene rings is 1. The van der Waals surface area contributed by atoms with Crippen molar-refractivity contribution in [3.8, 4) is 0 Å². The molecule has 0 radical (unpaired) electrons. The quantitative estimate of drug-likeness (QED) is 0.865. The molecule has 0 unspecified atom stereocenters. The molecule has 1 N–H and O–H groups in total. The minimum atomic E-state index is -0.397. The summed E-state index contributed by atoms with van der Waals surface area (Å²) in [6.07, 6.45) is 2.84. The number of ether oxygens (including phenoxy) is 1. The van der Waals surface area contributed by atoms with Gasteiger partial charge in [0.1, 0.15) is 5.00 Å². The third-order valence-corrected chi connectivity index (χ3v) is 5.10. The summed E-state index contributed by atoms with van der Waals surface area (Å²) in [5.41, 5.74) is 2.01. The zero-order valence-electron chi connectivity index (χ0n) is 11.9. The van der Waals surface area contributed by atoms with Gasteiger partial charge in [0.25, 0.3) is 5.91 Å². The molecule has 22 heavy (non-hydrogen) atoms. The van der Waals surface area contributed by atoms with Gasteiger partial charge in [-0.15, -0.1) is 11.3 Å². The Morgan fingerprint density at radius 1 is 1.23 bits per heavy atom. The van der Waals surface area contributed by atoms with Crippen LogP contribution in [0.2, 0.25) is 5.02 Å². The van der Waals surface area contributed by atoms with Gasteiger partial charge in [-0.1, -0.05) is 11.6 Å². The largest absolute Gasteiger partial charge is 0.465 e. The van der Waals surface area contributed by atoms with E-state index in [0.717, 1.165) is 29.7 Å². The standard InChI is InChI=1S/C16H14ClNO3S/c1-21-16(20)13-11-3-2-4-12(11)22-15(13)18-14(19)9-5-7-10(17)8-6-9/h5-8H,2-4H2,1H3,(H,18,19). The first-order chi connectivity index (χ1) is 10.6. The fourth-order valence-electron chi connectivity index (χ4n) is 2.59. The summed E-state index contributed by atoms with van der Waals surface area (Å²) in [5.74, 6) is -0.660. The number of carbonyl (C=O) groups is 2. The van der Waals surface area contributed by atoms with Crippen LogP contribution in [0.5, 0.6) is 0 Å². The van der Waals surface area contributed by atoms with Crippen LogP contribution in [-0.2, 0) is 17.6 Å². The predicted molar refractivity (Wildman–Crippen MR) is 87.1 cm³/mol. The van der Waals surface area contributed by atoms with Crippen LogP contribution in [0.3, 0.4) is 0 Å². The molecule has 1 heterocycles. The fraction of sp³-hybridized carbons (Fsp3) is 0.250. The number of esters is 1. The van der Waals surface area contributed by atoms with Crippen molar-refractivity contribution in [3.63, 3.8) is 0 Å². The van der Waals surface area contributed by atoms with Gasteiger partial charge in [-0.3, -0.25) is 4.79 Å². The summed E-state index contributed by atoms with van der Waals surface area (Å²) < 4.78 is 4.86. The Morgan fingerprint density at radius 3 is 2.64 bits per heavy atom. The van der Waals surface area contributed by atoms with E-state index in [2.05, 4.69) is 5.32 Å². The van der Waals surface area contributed by atoms with Crippen LogP contribution in [0.4, 0.5) is 5.00 Å². The smallest absolute Gasteiger partial charge is 0.341 e. The minimum absolute atomic E-state index is 0.262. The Kier molecular flexibility index (Phi) is 4.18. The molecule has 0 aliphatic heterocycles. The number of carbonyl (C=O) groups excluding carboxylic acids is 2. The number of amides is 1. The van der Waals surface area contributed by atoms with Crippen LogP contribution in [0.25, 0.3) is 0 Å². The molecule has 6 heteroatoms. The first kappa shape index (κ1) is 15.1. The van der Waals surface area contributed by atoms with Crippen LogP contribution < -0.4 is 5.32 Å². The molecule has 1 aromatic carbocycles. The van der Waals surface area contributed by atoms with E-state index in [-0.39, 0.29) is 5.91 Å². The Balaban J connectivity index is 1.90. The third kappa shape index (κ3) is 2.74. The molecule has 1 aliphatic carbocycles. The second-order valence-electron chi connectivity index (χ2n) is 5.01. The second kappa shape index (κ2) is 6.10. The van der Waals surface area contributed by atoms with E-state index in [9.17, 15) is 9.59 Å². The highest BCUT2D eigenvalue weighted by Crippen LogP contribution is 2.39. The van der Waals surface area contributed by atoms with Crippen molar-refractivity contribution in [3.05, 3.63) is 50.9 Å². The lowest BCUT2D eigenvalue weighted by molar-refractivity contribution is 0.0601. The molecular weight excluding hydrogens is 322 g/mol. The number of hydrogen-bond acceptors (Lipinski definition) is 4. The number of fused-ring (bicyclic) bond motifs is 1. The fourth-order valence-corrected chi connectivity index (χ4v) is 3.99. The van der Waals surface area contributed by atoms with E-state index >= 15 is 0 Å². The molecule has 1 aliphatic rings. The number of halogens is 1. The zero-order valence-corrected chi connectivity index (χ0v) is 13.5. The first-order valence-corrected chi connectivity index (χ1v) is 8.09. The van der Waals surface area contributed by atoms with E-state index in [1.807, 2.05) is 0 Å². The molecule has 114 valence electrons. The second-order valence-corrected chi connectivity index (χ2v) is 6.56. The van der Waals surface area contributed by atoms with Gasteiger partial charge in [0.15, 0.2) is 0 Å². The van der Waals surface area contributed by atoms with Crippen LogP contribution in [0.1, 0.15) is 37.6 Å². The summed E-state index contributed by atoms with van der Waals surface area (Å²) in [4.78, 5) is 25.5. The Bertz CT molecular complexity index is 737. The van der Waals surface area contributed by atoms with Gasteiger partial charge >= 0.3 is 5.97 Å². The number of anilines is 1. The molecule has 0 atom stereocenters. The van der Waals surface area contributed by atoms with Crippen molar-refractivity contribution in [2.45, 2.75) is 19.3 Å². The molecule has 0 bridgehead atoms. The van der Waals surface area contributed by atoms with Crippen molar-refractivity contribution in [2.75, 3.05) is 12.4 Å². The molecule has 3 rings (SSSR count). The lowest BCUT2D eigenvalue weighted by Crippen LogP contribution is -2.14. The molecule has 0 spiro atoms. The highest BCUT2D eigenvalue weighted by molar-refractivity contribution is 7.17. The monoisotopic (exact) mass is 335 g/mol. The normalized spacial score (nSPS) is 12.8. The molecule has 0 saturated carbocycles. The SMILES string of the molecule is COC(=O)c1c(NC(=O)c2ccc(Cl)cc2)sc2c1CCC2. The van der Waals surface area contributed by atoms with Gasteiger partial charge < -0.3 is 10.1 Å². The van der Waals surface area contributed by atoms with E-state index in [4.69, 9.17) is 16.3 Å². The predicted octanol–water partition coefficient (Wildman–Crippen LogP) is 3.93. The Morgan fingerprint density at radius 2 is 1.95 bits per heavy atom. The highest BCUT2D eigenvalue weighted by Gasteiger charge is 2.28. The number of thiophene rings is 1. The Labute approximate surface area is 137 Å². The van der Waals surface area contributed by atoms with E-state index in [1.165, 1.54) is 18.4 Å². The van der Waals surface area contributed by atoms with Crippen LogP contribution >= 0.6 is 22.9 Å². The molecule has 1 aromatic heterocycles. The van der Waals surface area contributed by atoms with Gasteiger partial charge in [0.2, 0.25) is 0 Å². The number of hydrogen-bond donors (Lipinski definition) is 1. The zero-order chi connectivity index (χ0) is 15.7. The van der Waals surface area contributed by atoms with Crippen LogP contribution in [-0.4, -0.2) is 19.0 Å². The van der Waals surface area contributed by atoms with Crippen molar-refractivity contribution in [2.24, 2.45) is 0 Å². The molecule has 1 amide bonds. The summed E-state index contributed by atoms with van der Waals surface area (Å²) >= 11 is 7.28. The van der Waals surface area contributed by atoms with E-state index in [0.29, 0.717) is 21.2 Å². The van der Waals surface area contributed by atoms with Gasteiger partial charge in [0.05, 0.1) is 12.7 Å². The number of nitrogens with one attached hydrogen (secondary N) is 1. The van der Waals surface area contributed by atoms with Crippen LogP contribution in [0.15, 0.2) is 24.3 Å². The topological polar surface area (TPSA) is 55.4 Å². The maximum atomic E-state index is 12.3. The maximum absolute atomic E-state index is 12.3. The summed E-state index contributed by atoms with van der Waals surface area (Å²) in [5, 5.41) is 3.96. The van der Waals surface area contributed by atoms with Crippen molar-refractivity contribution in [1.82, 2.24) is 0 Å². The van der Waals surface area contributed by atoms with Gasteiger partial charge in [-0.05, 0) is 49.1 Å². The Hall–Kier alpha value is -1.85. The van der Waals surface area contributed by atoms with Crippen LogP contribution in [0, 0.1) is 0 Å². The lowest BCUT2D eigenvalue weighted by atomic mass is 10.1. The average Bonchev–Trinajstić information content (AvgIpc) is 3.07. The molecular formula is C16H14ClNO3S. The summed E-state index contributed by atoms with van der Waals surface area (Å²) in [6.45, 7) is 0. The average molecular weight is 336 g/mol. The molecule has 0 saturated heterocycles. The van der Waals surface area contributed by atoms with E-state index in [1.54, 1.807) is 24.3 Å². The van der Waals surface area contributed by atoms with E-state index < -0.39 is 5.97 Å². The molecule has 4 nitrogen and oxygen atoms in total. The summed E-state index contributed by atoms with van der Waals surface area (Å²) in [6, 6.07) is 6.62. The molecule has 0 fully saturated rings. The number of aryl methyl sites for hydroxylation is 1. The van der Waals surface area contributed by atoms with Gasteiger partial charge in [-0.25, -0.2) is 4.79 Å². The minimum Gasteiger partial charge on any atom is -0.465 e. The van der Waals surface area contributed by atoms with Crippen molar-refractivity contribution >= 4 is 39.8 Å². The maximum Gasteiger partial charge on any atom is 0.341 e. The first-order valence-electron chi connectivity index (χ1n) is 6.90. The number of methoxy groups -OCH3 is 1. The van der Waals surface area contributed by atoms with Crippen molar-refractivity contribution in [1.29, 1.82) is 0 Å². The number of rotatable bonds is 3. The van der Waals surface area contributed by atoms with Gasteiger partial charge in [0, 0.05) is 15.5 Å². The van der Waals surface area contributed by atoms with Crippen molar-refractivity contribution < 1.29 is 14.3 Å². The molecule has 2 aromatic rings.